The highest BCUT2D eigenvalue weighted by molar-refractivity contribution is 8.77. The Balaban J connectivity index is 1.05. The normalized spacial score (nSPS) is 16.9. The Morgan fingerprint density at radius 2 is 1.39 bits per heavy atom. The number of ether oxygens (including phenoxy) is 4. The standard InChI is InChI=1S/C79H117N11O19S2/c1-19-48(8)70(60(105-17)42-65(96)89-38-23-27-58(89)72(106-18)49(9)73(99)80-51(11)71(98)54-25-21-20-22-26-54)87(15)77(103)68(46(4)5)84-76(102)69(47(6)7)88(16)78(104)108-44-53-29-31-55(32-30-53)82-74(100)52(12)81-75(101)67(45(2)3)83-61(92)37-40-110-111-79(13,14)43-62(93)86-85-50(10)57-34-33-56(41-59(57)91)107-39-24-28-66(97)109-90-63(94)35-36-64(90)95/h20-22,25-26,29-34,41,45-49,51-52,58,60,67-72,91,98H,19,23-24,27-28,35-40,42-44H2,1-18H3,(H,80,99)(H,81,101)(H,82,100)(H,83,92)(H,84,102)(H,86,93)/b85-50+/t48-,49+,51+,52-,58-,60+,67-,68-,69-,70-,71+,72+/m0/s1. The number of phenolic OH excluding ortho intramolecular Hbond substituents is 1. The quantitative estimate of drug-likeness (QED) is 0.00871. The number of imide groups is 1. The number of carbonyl (C=O) groups is 12. The van der Waals surface area contributed by atoms with Gasteiger partial charge in [-0.15, -0.1) is 5.06 Å². The summed E-state index contributed by atoms with van der Waals surface area (Å²) >= 11 is 0. The molecule has 3 aromatic rings. The lowest BCUT2D eigenvalue weighted by Gasteiger charge is -2.41. The number of carbonyl (C=O) groups excluding carboxylic acids is 12. The van der Waals surface area contributed by atoms with E-state index in [0.29, 0.717) is 70.5 Å². The zero-order chi connectivity index (χ0) is 82.7. The molecule has 0 aliphatic carbocycles. The van der Waals surface area contributed by atoms with Crippen LogP contribution in [0, 0.1) is 29.6 Å². The number of hydroxylamine groups is 2. The highest BCUT2D eigenvalue weighted by Crippen LogP contribution is 2.39. The van der Waals surface area contributed by atoms with Gasteiger partial charge < -0.3 is 70.4 Å². The number of benzene rings is 3. The third kappa shape index (κ3) is 27.8. The second kappa shape index (κ2) is 44.4. The number of likely N-dealkylation sites (tertiary alicyclic amines) is 1. The van der Waals surface area contributed by atoms with E-state index in [1.165, 1.54) is 60.7 Å². The number of hydrogen-bond acceptors (Lipinski definition) is 22. The predicted octanol–water partition coefficient (Wildman–Crippen LogP) is 8.12. The predicted molar refractivity (Wildman–Crippen MR) is 422 cm³/mol. The first-order valence-corrected chi connectivity index (χ1v) is 40.2. The van der Waals surface area contributed by atoms with E-state index in [-0.39, 0.29) is 87.6 Å². The Hall–Kier alpha value is -8.85. The molecule has 8 N–H and O–H groups in total. The Bertz CT molecular complexity index is 3680. The summed E-state index contributed by atoms with van der Waals surface area (Å²) in [6.45, 7) is 25.2. The molecule has 12 atom stereocenters. The highest BCUT2D eigenvalue weighted by atomic mass is 33.1. The molecule has 0 bridgehead atoms. The fourth-order valence-electron chi connectivity index (χ4n) is 13.1. The molecule has 0 unspecified atom stereocenters. The van der Waals surface area contributed by atoms with Crippen molar-refractivity contribution < 1.29 is 91.5 Å². The summed E-state index contributed by atoms with van der Waals surface area (Å²) in [7, 11) is 8.86. The molecule has 0 spiro atoms. The molecule has 32 heteroatoms. The van der Waals surface area contributed by atoms with Crippen LogP contribution >= 0.6 is 21.6 Å². The number of likely N-dealkylation sites (N-methyl/N-ethyl adjacent to an activating group) is 2. The Morgan fingerprint density at radius 3 is 1.98 bits per heavy atom. The van der Waals surface area contributed by atoms with Gasteiger partial charge in [-0.05, 0) is 113 Å². The third-order valence-corrected chi connectivity index (χ3v) is 23.0. The van der Waals surface area contributed by atoms with Gasteiger partial charge in [0.1, 0.15) is 42.3 Å². The number of aliphatic hydroxyl groups excluding tert-OH is 1. The molecular formula is C79H117N11O19S2. The van der Waals surface area contributed by atoms with Crippen LogP contribution in [0.3, 0.4) is 0 Å². The maximum Gasteiger partial charge on any atom is 0.410 e. The summed E-state index contributed by atoms with van der Waals surface area (Å²) in [5, 5.41) is 40.4. The molecule has 11 amide bonds. The lowest BCUT2D eigenvalue weighted by molar-refractivity contribution is -0.197. The minimum atomic E-state index is -1.08. The van der Waals surface area contributed by atoms with Crippen molar-refractivity contribution in [1.29, 1.82) is 0 Å². The number of methoxy groups -OCH3 is 2. The number of amides is 11. The molecule has 30 nitrogen and oxygen atoms in total. The smallest absolute Gasteiger partial charge is 0.410 e. The fourth-order valence-corrected chi connectivity index (χ4v) is 15.6. The van der Waals surface area contributed by atoms with Crippen molar-refractivity contribution in [3.63, 3.8) is 0 Å². The fraction of sp³-hybridized carbons (Fsp3) is 0.608. The highest BCUT2D eigenvalue weighted by Gasteiger charge is 2.44. The number of nitrogens with zero attached hydrogens (tertiary/aromatic N) is 5. The first kappa shape index (κ1) is 92.8. The van der Waals surface area contributed by atoms with Gasteiger partial charge in [-0.25, -0.2) is 15.0 Å². The summed E-state index contributed by atoms with van der Waals surface area (Å²) in [5.41, 5.74) is 4.75. The number of aliphatic hydroxyl groups is 1. The van der Waals surface area contributed by atoms with Gasteiger partial charge in [0.2, 0.25) is 47.3 Å². The molecule has 0 aromatic heterocycles. The van der Waals surface area contributed by atoms with E-state index in [1.54, 1.807) is 128 Å². The minimum absolute atomic E-state index is 0.00844. The second-order valence-corrected chi connectivity index (χ2v) is 33.2. The van der Waals surface area contributed by atoms with Crippen molar-refractivity contribution >= 4 is 104 Å². The van der Waals surface area contributed by atoms with E-state index in [1.807, 2.05) is 45.9 Å². The van der Waals surface area contributed by atoms with Crippen molar-refractivity contribution in [2.45, 2.75) is 233 Å². The van der Waals surface area contributed by atoms with Crippen LogP contribution < -0.4 is 36.7 Å². The SMILES string of the molecule is CC[C@H](C)[C@@H]([C@@H](CC(=O)N1CCC[C@H]1[C@H](OC)[C@@H](C)C(=O)N[C@H](C)[C@@H](O)c1ccccc1)OC)N(C)C(=O)[C@@H](NC(=O)[C@H](C(C)C)N(C)C(=O)OCc1ccc(NC(=O)[C@H](C)NC(=O)[C@@H](NC(=O)CCSSC(C)(C)CC(=O)N/N=C(\C)c2ccc(OCCCC(=O)ON3C(=O)CCC3=O)cc2O)C(C)C)cc1)C(C)C. The van der Waals surface area contributed by atoms with E-state index in [2.05, 4.69) is 37.1 Å². The largest absolute Gasteiger partial charge is 0.507 e. The monoisotopic (exact) mass is 1590 g/mol. The minimum Gasteiger partial charge on any atom is -0.507 e. The molecule has 2 heterocycles. The number of phenols is 1. The van der Waals surface area contributed by atoms with Gasteiger partial charge in [-0.2, -0.15) is 5.10 Å². The van der Waals surface area contributed by atoms with Crippen molar-refractivity contribution in [3.8, 4) is 11.5 Å². The first-order chi connectivity index (χ1) is 52.3. The van der Waals surface area contributed by atoms with Gasteiger partial charge in [0.05, 0.1) is 67.5 Å². The van der Waals surface area contributed by atoms with Crippen LogP contribution in [0.15, 0.2) is 77.9 Å². The van der Waals surface area contributed by atoms with Gasteiger partial charge >= 0.3 is 12.1 Å². The number of rotatable bonds is 43. The second-order valence-electron chi connectivity index (χ2n) is 30.0. The van der Waals surface area contributed by atoms with E-state index < -0.39 is 142 Å². The number of hydrazone groups is 1. The summed E-state index contributed by atoms with van der Waals surface area (Å²) in [6.07, 6.45) is -1.23. The molecule has 0 radical (unpaired) electrons. The number of aromatic hydroxyl groups is 1. The number of nitrogens with one attached hydrogen (secondary N) is 6. The average Bonchev–Trinajstić information content (AvgIpc) is 1.79. The van der Waals surface area contributed by atoms with E-state index >= 15 is 0 Å². The van der Waals surface area contributed by atoms with Crippen LogP contribution in [0.4, 0.5) is 10.5 Å². The van der Waals surface area contributed by atoms with Crippen LogP contribution in [0.5, 0.6) is 11.5 Å². The van der Waals surface area contributed by atoms with Gasteiger partial charge in [0.15, 0.2) is 0 Å². The topological polar surface area (TPSA) is 389 Å². The molecule has 0 saturated carbocycles. The Labute approximate surface area is 660 Å². The lowest BCUT2D eigenvalue weighted by Crippen LogP contribution is -2.60. The van der Waals surface area contributed by atoms with E-state index in [9.17, 15) is 67.7 Å². The molecule has 2 aliphatic rings. The van der Waals surface area contributed by atoms with Crippen LogP contribution in [-0.2, 0) is 78.4 Å². The molecule has 2 aliphatic heterocycles. The van der Waals surface area contributed by atoms with Crippen molar-refractivity contribution in [3.05, 3.63) is 89.5 Å². The zero-order valence-electron chi connectivity index (χ0n) is 67.4. The molecule has 2 fully saturated rings. The Morgan fingerprint density at radius 1 is 0.739 bits per heavy atom. The maximum absolute atomic E-state index is 14.8. The van der Waals surface area contributed by atoms with Crippen LogP contribution in [0.25, 0.3) is 0 Å². The van der Waals surface area contributed by atoms with Gasteiger partial charge in [-0.1, -0.05) is 133 Å². The van der Waals surface area contributed by atoms with Gasteiger partial charge in [0, 0.05) is 88.4 Å². The lowest BCUT2D eigenvalue weighted by atomic mass is 9.89. The van der Waals surface area contributed by atoms with Crippen molar-refractivity contribution in [1.82, 2.24) is 46.5 Å². The molecule has 2 saturated heterocycles. The average molecular weight is 1590 g/mol. The van der Waals surface area contributed by atoms with E-state index in [0.717, 1.165) is 0 Å². The van der Waals surface area contributed by atoms with Gasteiger partial charge in [-0.3, -0.25) is 52.8 Å². The number of hydrogen-bond donors (Lipinski definition) is 8. The summed E-state index contributed by atoms with van der Waals surface area (Å²) < 4.78 is 22.8. The third-order valence-electron chi connectivity index (χ3n) is 19.7. The molecule has 111 heavy (non-hydrogen) atoms. The summed E-state index contributed by atoms with van der Waals surface area (Å²) in [4.78, 5) is 169. The van der Waals surface area contributed by atoms with Crippen molar-refractivity contribution in [2.75, 3.05) is 52.5 Å². The van der Waals surface area contributed by atoms with Crippen LogP contribution in [-0.4, -0.2) is 213 Å². The summed E-state index contributed by atoms with van der Waals surface area (Å²) in [6, 6.07) is 14.2. The molecule has 3 aromatic carbocycles. The van der Waals surface area contributed by atoms with Crippen molar-refractivity contribution in [2.24, 2.45) is 34.7 Å². The summed E-state index contributed by atoms with van der Waals surface area (Å²) in [5.74, 6) is -6.97. The van der Waals surface area contributed by atoms with Crippen LogP contribution in [0.1, 0.15) is 184 Å². The zero-order valence-corrected chi connectivity index (χ0v) is 69.0. The number of anilines is 1. The van der Waals surface area contributed by atoms with E-state index in [4.69, 9.17) is 23.8 Å². The molecule has 5 rings (SSSR count). The molecular weight excluding hydrogens is 1470 g/mol. The van der Waals surface area contributed by atoms with Gasteiger partial charge in [0.25, 0.3) is 11.8 Å². The Kier molecular flexibility index (Phi) is 37.1. The van der Waals surface area contributed by atoms with Crippen LogP contribution in [0.2, 0.25) is 0 Å². The maximum atomic E-state index is 14.8. The molecule has 614 valence electrons. The first-order valence-electron chi connectivity index (χ1n) is 37.9.